The van der Waals surface area contributed by atoms with Crippen molar-refractivity contribution in [1.82, 2.24) is 4.90 Å². The highest BCUT2D eigenvalue weighted by atomic mass is 35.5. The SMILES string of the molecule is Cl.c1ccc(N2CCC23CCN(C2CC4CCCCC4C2)CC3)cc1. The maximum absolute atomic E-state index is 2.88. The highest BCUT2D eigenvalue weighted by Crippen LogP contribution is 2.47. The van der Waals surface area contributed by atoms with Crippen molar-refractivity contribution in [3.8, 4) is 0 Å². The number of hydrogen-bond acceptors (Lipinski definition) is 2. The second-order valence-electron chi connectivity index (χ2n) is 8.93. The monoisotopic (exact) mass is 360 g/mol. The molecule has 2 heterocycles. The highest BCUT2D eigenvalue weighted by Gasteiger charge is 2.48. The summed E-state index contributed by atoms with van der Waals surface area (Å²) in [5, 5.41) is 0. The van der Waals surface area contributed by atoms with Gasteiger partial charge in [-0.2, -0.15) is 0 Å². The van der Waals surface area contributed by atoms with Crippen LogP contribution in [0.3, 0.4) is 0 Å². The van der Waals surface area contributed by atoms with Crippen molar-refractivity contribution in [2.45, 2.75) is 69.4 Å². The van der Waals surface area contributed by atoms with Crippen LogP contribution >= 0.6 is 12.4 Å². The zero-order valence-corrected chi connectivity index (χ0v) is 16.2. The topological polar surface area (TPSA) is 6.48 Å². The number of hydrogen-bond donors (Lipinski definition) is 0. The lowest BCUT2D eigenvalue weighted by molar-refractivity contribution is 0.0843. The smallest absolute Gasteiger partial charge is 0.0443 e. The van der Waals surface area contributed by atoms with Gasteiger partial charge in [-0.15, -0.1) is 12.4 Å². The molecule has 2 unspecified atom stereocenters. The van der Waals surface area contributed by atoms with Crippen molar-refractivity contribution in [3.63, 3.8) is 0 Å². The van der Waals surface area contributed by atoms with Gasteiger partial charge in [-0.25, -0.2) is 0 Å². The van der Waals surface area contributed by atoms with Crippen LogP contribution in [-0.4, -0.2) is 36.1 Å². The van der Waals surface area contributed by atoms with Crippen molar-refractivity contribution in [2.24, 2.45) is 11.8 Å². The summed E-state index contributed by atoms with van der Waals surface area (Å²) in [6, 6.07) is 12.0. The molecule has 4 fully saturated rings. The minimum atomic E-state index is 0. The molecule has 0 amide bonds. The third kappa shape index (κ3) is 3.10. The fourth-order valence-electron chi connectivity index (χ4n) is 6.37. The quantitative estimate of drug-likeness (QED) is 0.722. The highest BCUT2D eigenvalue weighted by molar-refractivity contribution is 5.85. The van der Waals surface area contributed by atoms with Gasteiger partial charge in [0.25, 0.3) is 0 Å². The summed E-state index contributed by atoms with van der Waals surface area (Å²) in [7, 11) is 0. The van der Waals surface area contributed by atoms with Crippen molar-refractivity contribution in [2.75, 3.05) is 24.5 Å². The van der Waals surface area contributed by atoms with Crippen LogP contribution in [0.5, 0.6) is 0 Å². The number of benzene rings is 1. The molecule has 1 spiro atoms. The van der Waals surface area contributed by atoms with Gasteiger partial charge in [0.1, 0.15) is 0 Å². The van der Waals surface area contributed by atoms with Gasteiger partial charge < -0.3 is 9.80 Å². The lowest BCUT2D eigenvalue weighted by Gasteiger charge is -2.58. The Hall–Kier alpha value is -0.730. The van der Waals surface area contributed by atoms with E-state index in [4.69, 9.17) is 0 Å². The molecule has 3 heteroatoms. The van der Waals surface area contributed by atoms with Crippen molar-refractivity contribution in [3.05, 3.63) is 30.3 Å². The Morgan fingerprint density at radius 1 is 0.800 bits per heavy atom. The largest absolute Gasteiger partial charge is 0.366 e. The fourth-order valence-corrected chi connectivity index (χ4v) is 6.37. The van der Waals surface area contributed by atoms with Gasteiger partial charge in [0, 0.05) is 36.9 Å². The second kappa shape index (κ2) is 7.12. The van der Waals surface area contributed by atoms with Crippen LogP contribution in [0.15, 0.2) is 30.3 Å². The number of likely N-dealkylation sites (tertiary alicyclic amines) is 1. The van der Waals surface area contributed by atoms with E-state index < -0.39 is 0 Å². The van der Waals surface area contributed by atoms with Crippen LogP contribution in [0.25, 0.3) is 0 Å². The molecule has 2 nitrogen and oxygen atoms in total. The third-order valence-electron chi connectivity index (χ3n) is 7.90. The van der Waals surface area contributed by atoms with Crippen LogP contribution in [0, 0.1) is 11.8 Å². The summed E-state index contributed by atoms with van der Waals surface area (Å²) in [6.07, 6.45) is 13.3. The minimum Gasteiger partial charge on any atom is -0.366 e. The Morgan fingerprint density at radius 3 is 1.96 bits per heavy atom. The molecule has 2 aliphatic heterocycles. The second-order valence-corrected chi connectivity index (χ2v) is 8.93. The molecule has 138 valence electrons. The number of para-hydroxylation sites is 1. The molecule has 1 aromatic rings. The van der Waals surface area contributed by atoms with Crippen molar-refractivity contribution >= 4 is 18.1 Å². The maximum Gasteiger partial charge on any atom is 0.0443 e. The van der Waals surface area contributed by atoms with E-state index in [2.05, 4.69) is 40.1 Å². The summed E-state index contributed by atoms with van der Waals surface area (Å²) in [6.45, 7) is 3.94. The van der Waals surface area contributed by atoms with Crippen molar-refractivity contribution < 1.29 is 0 Å². The summed E-state index contributed by atoms with van der Waals surface area (Å²) >= 11 is 0. The van der Waals surface area contributed by atoms with Crippen LogP contribution in [0.4, 0.5) is 5.69 Å². The zero-order valence-electron chi connectivity index (χ0n) is 15.4. The van der Waals surface area contributed by atoms with Gasteiger partial charge in [-0.3, -0.25) is 0 Å². The molecule has 2 saturated heterocycles. The Balaban J connectivity index is 0.00000157. The molecule has 4 aliphatic rings. The van der Waals surface area contributed by atoms with Gasteiger partial charge in [-0.05, 0) is 56.1 Å². The molecule has 0 radical (unpaired) electrons. The lowest BCUT2D eigenvalue weighted by atomic mass is 9.75. The molecule has 25 heavy (non-hydrogen) atoms. The average Bonchev–Trinajstić information content (AvgIpc) is 3.06. The van der Waals surface area contributed by atoms with E-state index in [1.54, 1.807) is 0 Å². The lowest BCUT2D eigenvalue weighted by Crippen LogP contribution is -2.65. The summed E-state index contributed by atoms with van der Waals surface area (Å²) < 4.78 is 0. The van der Waals surface area contributed by atoms with Gasteiger partial charge in [0.15, 0.2) is 0 Å². The number of nitrogens with zero attached hydrogens (tertiary/aromatic N) is 2. The molecular weight excluding hydrogens is 328 g/mol. The summed E-state index contributed by atoms with van der Waals surface area (Å²) in [5.74, 6) is 2.15. The molecule has 2 atom stereocenters. The molecule has 2 saturated carbocycles. The zero-order chi connectivity index (χ0) is 16.0. The normalized spacial score (nSPS) is 34.2. The van der Waals surface area contributed by atoms with E-state index in [0.29, 0.717) is 5.54 Å². The predicted molar refractivity (Wildman–Crippen MR) is 108 cm³/mol. The predicted octanol–water partition coefficient (Wildman–Crippen LogP) is 5.12. The van der Waals surface area contributed by atoms with Gasteiger partial charge >= 0.3 is 0 Å². The van der Waals surface area contributed by atoms with E-state index >= 15 is 0 Å². The minimum absolute atomic E-state index is 0. The molecule has 5 rings (SSSR count). The first-order valence-corrected chi connectivity index (χ1v) is 10.4. The average molecular weight is 361 g/mol. The standard InChI is InChI=1S/C22H32N2.ClH/c1-2-8-20(9-3-1)24-15-12-22(24)10-13-23(14-11-22)21-16-18-6-4-5-7-19(18)17-21;/h1-3,8-9,18-19,21H,4-7,10-17H2;1H. The Bertz CT molecular complexity index is 553. The number of halogens is 1. The first-order chi connectivity index (χ1) is 11.8. The number of piperidine rings is 1. The van der Waals surface area contributed by atoms with Crippen LogP contribution in [0.2, 0.25) is 0 Å². The molecule has 2 aliphatic carbocycles. The van der Waals surface area contributed by atoms with E-state index in [1.807, 2.05) is 0 Å². The number of rotatable bonds is 2. The number of fused-ring (bicyclic) bond motifs is 1. The van der Waals surface area contributed by atoms with Gasteiger partial charge in [-0.1, -0.05) is 43.9 Å². The van der Waals surface area contributed by atoms with Gasteiger partial charge in [0.05, 0.1) is 0 Å². The Morgan fingerprint density at radius 2 is 1.40 bits per heavy atom. The molecular formula is C22H33ClN2. The van der Waals surface area contributed by atoms with Crippen LogP contribution in [0.1, 0.15) is 57.8 Å². The van der Waals surface area contributed by atoms with Crippen LogP contribution in [-0.2, 0) is 0 Å². The van der Waals surface area contributed by atoms with E-state index in [-0.39, 0.29) is 12.4 Å². The first-order valence-electron chi connectivity index (χ1n) is 10.4. The Labute approximate surface area is 159 Å². The molecule has 0 N–H and O–H groups in total. The Kier molecular flexibility index (Phi) is 5.03. The summed E-state index contributed by atoms with van der Waals surface area (Å²) in [4.78, 5) is 5.59. The van der Waals surface area contributed by atoms with Crippen LogP contribution < -0.4 is 4.90 Å². The van der Waals surface area contributed by atoms with E-state index in [9.17, 15) is 0 Å². The molecule has 0 bridgehead atoms. The summed E-state index contributed by atoms with van der Waals surface area (Å²) in [5.41, 5.74) is 1.94. The maximum atomic E-state index is 2.88. The van der Waals surface area contributed by atoms with E-state index in [0.717, 1.165) is 17.9 Å². The molecule has 0 aromatic heterocycles. The van der Waals surface area contributed by atoms with E-state index in [1.165, 1.54) is 83.1 Å². The first kappa shape index (κ1) is 17.7. The fraction of sp³-hybridized carbons (Fsp3) is 0.727. The molecule has 1 aromatic carbocycles. The number of anilines is 1. The third-order valence-corrected chi connectivity index (χ3v) is 7.90. The van der Waals surface area contributed by atoms with Gasteiger partial charge in [0.2, 0.25) is 0 Å². The van der Waals surface area contributed by atoms with Crippen molar-refractivity contribution in [1.29, 1.82) is 0 Å².